The summed E-state index contributed by atoms with van der Waals surface area (Å²) >= 11 is 12.3. The number of rotatable bonds is 3. The van der Waals surface area contributed by atoms with Crippen molar-refractivity contribution >= 4 is 46.2 Å². The maximum Gasteiger partial charge on any atom is 0.180 e. The SMILES string of the molecule is CNc1cn2ccnc2c(Nc2c(Cl)cccc2Cl)n1. The molecule has 3 rings (SSSR count). The van der Waals surface area contributed by atoms with Gasteiger partial charge in [-0.1, -0.05) is 29.3 Å². The average molecular weight is 308 g/mol. The van der Waals surface area contributed by atoms with E-state index in [0.29, 0.717) is 33.0 Å². The fourth-order valence-corrected chi connectivity index (χ4v) is 2.36. The molecule has 3 aromatic rings. The highest BCUT2D eigenvalue weighted by atomic mass is 35.5. The zero-order chi connectivity index (χ0) is 14.1. The average Bonchev–Trinajstić information content (AvgIpc) is 2.91. The van der Waals surface area contributed by atoms with Crippen LogP contribution in [-0.2, 0) is 0 Å². The fourth-order valence-electron chi connectivity index (χ4n) is 1.87. The Balaban J connectivity index is 2.12. The first-order chi connectivity index (χ1) is 9.69. The molecule has 0 aliphatic carbocycles. The first-order valence-electron chi connectivity index (χ1n) is 5.91. The minimum Gasteiger partial charge on any atom is -0.372 e. The number of hydrogen-bond acceptors (Lipinski definition) is 4. The van der Waals surface area contributed by atoms with Crippen LogP contribution in [0.15, 0.2) is 36.8 Å². The molecule has 0 amide bonds. The normalized spacial score (nSPS) is 10.8. The quantitative estimate of drug-likeness (QED) is 0.772. The minimum atomic E-state index is 0.527. The van der Waals surface area contributed by atoms with Crippen LogP contribution < -0.4 is 10.6 Å². The second-order valence-electron chi connectivity index (χ2n) is 4.10. The van der Waals surface area contributed by atoms with Crippen molar-refractivity contribution in [3.05, 3.63) is 46.8 Å². The van der Waals surface area contributed by atoms with Crippen molar-refractivity contribution in [3.63, 3.8) is 0 Å². The maximum absolute atomic E-state index is 6.16. The van der Waals surface area contributed by atoms with Gasteiger partial charge in [-0.3, -0.25) is 0 Å². The van der Waals surface area contributed by atoms with Gasteiger partial charge in [0.2, 0.25) is 0 Å². The summed E-state index contributed by atoms with van der Waals surface area (Å²) in [6.45, 7) is 0. The number of fused-ring (bicyclic) bond motifs is 1. The number of para-hydroxylation sites is 1. The summed E-state index contributed by atoms with van der Waals surface area (Å²) in [6, 6.07) is 5.32. The second-order valence-corrected chi connectivity index (χ2v) is 4.92. The smallest absolute Gasteiger partial charge is 0.180 e. The number of imidazole rings is 1. The molecule has 2 N–H and O–H groups in total. The molecule has 0 atom stereocenters. The zero-order valence-corrected chi connectivity index (χ0v) is 12.1. The van der Waals surface area contributed by atoms with Crippen molar-refractivity contribution in [1.29, 1.82) is 0 Å². The molecular weight excluding hydrogens is 297 g/mol. The van der Waals surface area contributed by atoms with Crippen LogP contribution in [0.4, 0.5) is 17.3 Å². The number of benzene rings is 1. The Labute approximate surface area is 125 Å². The van der Waals surface area contributed by atoms with E-state index < -0.39 is 0 Å². The minimum absolute atomic E-state index is 0.527. The summed E-state index contributed by atoms with van der Waals surface area (Å²) in [7, 11) is 1.80. The molecule has 0 aliphatic heterocycles. The third-order valence-corrected chi connectivity index (χ3v) is 3.47. The Morgan fingerprint density at radius 1 is 1.20 bits per heavy atom. The van der Waals surface area contributed by atoms with E-state index in [1.165, 1.54) is 0 Å². The van der Waals surface area contributed by atoms with Gasteiger partial charge in [0.15, 0.2) is 11.5 Å². The van der Waals surface area contributed by atoms with Crippen LogP contribution in [0, 0.1) is 0 Å². The molecule has 7 heteroatoms. The summed E-state index contributed by atoms with van der Waals surface area (Å²) in [5.41, 5.74) is 1.31. The van der Waals surface area contributed by atoms with Crippen LogP contribution in [0.1, 0.15) is 0 Å². The molecule has 0 aliphatic rings. The lowest BCUT2D eigenvalue weighted by Gasteiger charge is -2.11. The predicted octanol–water partition coefficient (Wildman–Crippen LogP) is 3.82. The van der Waals surface area contributed by atoms with Crippen LogP contribution >= 0.6 is 23.2 Å². The molecule has 0 saturated carbocycles. The molecule has 0 fully saturated rings. The highest BCUT2D eigenvalue weighted by molar-refractivity contribution is 6.39. The van der Waals surface area contributed by atoms with Gasteiger partial charge >= 0.3 is 0 Å². The zero-order valence-electron chi connectivity index (χ0n) is 10.6. The number of nitrogens with one attached hydrogen (secondary N) is 2. The van der Waals surface area contributed by atoms with Crippen LogP contribution in [0.5, 0.6) is 0 Å². The van der Waals surface area contributed by atoms with Crippen molar-refractivity contribution in [1.82, 2.24) is 14.4 Å². The van der Waals surface area contributed by atoms with Crippen LogP contribution in [0.3, 0.4) is 0 Å². The van der Waals surface area contributed by atoms with Crippen LogP contribution in [-0.4, -0.2) is 21.4 Å². The highest BCUT2D eigenvalue weighted by Crippen LogP contribution is 2.33. The summed E-state index contributed by atoms with van der Waals surface area (Å²) in [5.74, 6) is 1.29. The molecule has 0 unspecified atom stereocenters. The molecule has 0 spiro atoms. The topological polar surface area (TPSA) is 54.2 Å². The molecule has 2 aromatic heterocycles. The van der Waals surface area contributed by atoms with E-state index in [1.54, 1.807) is 31.4 Å². The van der Waals surface area contributed by atoms with E-state index in [4.69, 9.17) is 23.2 Å². The van der Waals surface area contributed by atoms with E-state index >= 15 is 0 Å². The molecule has 102 valence electrons. The maximum atomic E-state index is 6.16. The summed E-state index contributed by atoms with van der Waals surface area (Å²) < 4.78 is 1.87. The van der Waals surface area contributed by atoms with Gasteiger partial charge in [-0.05, 0) is 12.1 Å². The lowest BCUT2D eigenvalue weighted by Crippen LogP contribution is -2.03. The second kappa shape index (κ2) is 5.19. The van der Waals surface area contributed by atoms with Gasteiger partial charge in [0, 0.05) is 19.4 Å². The molecule has 20 heavy (non-hydrogen) atoms. The summed E-state index contributed by atoms with van der Waals surface area (Å²) in [4.78, 5) is 8.72. The molecular formula is C13H11Cl2N5. The molecule has 5 nitrogen and oxygen atoms in total. The van der Waals surface area contributed by atoms with Crippen molar-refractivity contribution in [2.24, 2.45) is 0 Å². The molecule has 1 aromatic carbocycles. The number of nitrogens with zero attached hydrogens (tertiary/aromatic N) is 3. The Hall–Kier alpha value is -1.98. The van der Waals surface area contributed by atoms with Gasteiger partial charge in [0.05, 0.1) is 21.9 Å². The van der Waals surface area contributed by atoms with Gasteiger partial charge in [-0.15, -0.1) is 0 Å². The predicted molar refractivity (Wildman–Crippen MR) is 82.3 cm³/mol. The highest BCUT2D eigenvalue weighted by Gasteiger charge is 2.11. The number of aromatic nitrogens is 3. The van der Waals surface area contributed by atoms with Crippen molar-refractivity contribution in [2.75, 3.05) is 17.7 Å². The van der Waals surface area contributed by atoms with E-state index in [9.17, 15) is 0 Å². The van der Waals surface area contributed by atoms with Gasteiger partial charge in [0.25, 0.3) is 0 Å². The van der Waals surface area contributed by atoms with E-state index in [2.05, 4.69) is 20.6 Å². The third kappa shape index (κ3) is 2.26. The molecule has 0 saturated heterocycles. The third-order valence-electron chi connectivity index (χ3n) is 2.84. The lowest BCUT2D eigenvalue weighted by molar-refractivity contribution is 1.12. The van der Waals surface area contributed by atoms with Crippen LogP contribution in [0.2, 0.25) is 10.0 Å². The first kappa shape index (κ1) is 13.0. The van der Waals surface area contributed by atoms with E-state index in [-0.39, 0.29) is 0 Å². The Morgan fingerprint density at radius 3 is 2.65 bits per heavy atom. The summed E-state index contributed by atoms with van der Waals surface area (Å²) in [6.07, 6.45) is 5.40. The Bertz CT molecular complexity index is 748. The van der Waals surface area contributed by atoms with Crippen LogP contribution in [0.25, 0.3) is 5.65 Å². The molecule has 0 bridgehead atoms. The van der Waals surface area contributed by atoms with E-state index in [1.807, 2.05) is 16.8 Å². The molecule has 0 radical (unpaired) electrons. The number of halogens is 2. The molecule has 2 heterocycles. The van der Waals surface area contributed by atoms with Gasteiger partial charge in [0.1, 0.15) is 5.82 Å². The number of anilines is 3. The fraction of sp³-hybridized carbons (Fsp3) is 0.0769. The van der Waals surface area contributed by atoms with E-state index in [0.717, 1.165) is 0 Å². The lowest BCUT2D eigenvalue weighted by atomic mass is 10.3. The summed E-state index contributed by atoms with van der Waals surface area (Å²) in [5, 5.41) is 7.20. The standard InChI is InChI=1S/C13H11Cl2N5/c1-16-10-7-20-6-5-17-13(20)12(18-10)19-11-8(14)3-2-4-9(11)15/h2-7,16H,1H3,(H,18,19). The van der Waals surface area contributed by atoms with Gasteiger partial charge in [-0.25, -0.2) is 9.97 Å². The monoisotopic (exact) mass is 307 g/mol. The largest absolute Gasteiger partial charge is 0.372 e. The Morgan fingerprint density at radius 2 is 1.95 bits per heavy atom. The van der Waals surface area contributed by atoms with Gasteiger partial charge in [-0.2, -0.15) is 0 Å². The van der Waals surface area contributed by atoms with Crippen molar-refractivity contribution in [2.45, 2.75) is 0 Å². The van der Waals surface area contributed by atoms with Crippen molar-refractivity contribution < 1.29 is 0 Å². The van der Waals surface area contributed by atoms with Gasteiger partial charge < -0.3 is 15.0 Å². The first-order valence-corrected chi connectivity index (χ1v) is 6.67. The number of hydrogen-bond donors (Lipinski definition) is 2. The Kier molecular flexibility index (Phi) is 3.38. The van der Waals surface area contributed by atoms with Crippen molar-refractivity contribution in [3.8, 4) is 0 Å².